The predicted molar refractivity (Wildman–Crippen MR) is 137 cm³/mol. The van der Waals surface area contributed by atoms with Crippen LogP contribution in [-0.2, 0) is 24.1 Å². The Labute approximate surface area is 213 Å². The topological polar surface area (TPSA) is 63.5 Å². The van der Waals surface area contributed by atoms with E-state index in [4.69, 9.17) is 4.74 Å². The Morgan fingerprint density at radius 1 is 1.00 bits per heavy atom. The van der Waals surface area contributed by atoms with E-state index in [1.54, 1.807) is 13.3 Å². The van der Waals surface area contributed by atoms with Crippen molar-refractivity contribution in [2.45, 2.75) is 45.1 Å². The van der Waals surface area contributed by atoms with Crippen LogP contribution < -0.4 is 10.1 Å². The monoisotopic (exact) mass is 510 g/mol. The molecule has 5 nitrogen and oxygen atoms in total. The molecule has 0 saturated heterocycles. The van der Waals surface area contributed by atoms with E-state index in [-0.39, 0.29) is 12.5 Å². The van der Waals surface area contributed by atoms with Gasteiger partial charge in [-0.05, 0) is 40.8 Å². The minimum atomic E-state index is -4.47. The van der Waals surface area contributed by atoms with Gasteiger partial charge in [0.15, 0.2) is 0 Å². The number of benzene rings is 3. The van der Waals surface area contributed by atoms with Crippen molar-refractivity contribution in [1.82, 2.24) is 9.88 Å². The Morgan fingerprint density at radius 3 is 2.32 bits per heavy atom. The van der Waals surface area contributed by atoms with Gasteiger partial charge >= 0.3 is 12.1 Å². The molecular formula is C29H29F3N2O3. The zero-order valence-corrected chi connectivity index (χ0v) is 20.8. The molecule has 4 aromatic rings. The maximum Gasteiger partial charge on any atom is 0.416 e. The molecule has 3 aromatic carbocycles. The van der Waals surface area contributed by atoms with Crippen molar-refractivity contribution >= 4 is 16.9 Å². The van der Waals surface area contributed by atoms with Crippen LogP contribution in [0, 0.1) is 0 Å². The summed E-state index contributed by atoms with van der Waals surface area (Å²) in [7, 11) is 1.58. The van der Waals surface area contributed by atoms with Crippen molar-refractivity contribution < 1.29 is 27.8 Å². The number of carboxylic acid groups (broad SMARTS) is 1. The molecule has 4 rings (SSSR count). The standard InChI is InChI=1S/C29H29F3N2O3/c1-18(2)22-13-25-23(14-26(22)37-3)24(17-34(25)16-19-8-5-4-6-9-19)27(28(35)36)33-15-20-10-7-11-21(12-20)29(30,31)32/h4-14,17-18,27,33H,15-16H2,1-3H3,(H,35,36). The third-order valence-electron chi connectivity index (χ3n) is 6.40. The summed E-state index contributed by atoms with van der Waals surface area (Å²) in [6, 6.07) is 17.4. The molecule has 1 heterocycles. The van der Waals surface area contributed by atoms with Crippen molar-refractivity contribution in [2.24, 2.45) is 0 Å². The van der Waals surface area contributed by atoms with Gasteiger partial charge in [-0.25, -0.2) is 0 Å². The van der Waals surface area contributed by atoms with Gasteiger partial charge in [-0.3, -0.25) is 10.1 Å². The van der Waals surface area contributed by atoms with Crippen LogP contribution in [0.4, 0.5) is 13.2 Å². The average Bonchev–Trinajstić information content (AvgIpc) is 3.20. The van der Waals surface area contributed by atoms with Crippen molar-refractivity contribution in [3.8, 4) is 5.75 Å². The molecular weight excluding hydrogens is 481 g/mol. The van der Waals surface area contributed by atoms with Crippen LogP contribution in [0.25, 0.3) is 10.9 Å². The minimum Gasteiger partial charge on any atom is -0.496 e. The van der Waals surface area contributed by atoms with E-state index in [2.05, 4.69) is 19.2 Å². The molecule has 2 N–H and O–H groups in total. The fourth-order valence-corrected chi connectivity index (χ4v) is 4.54. The molecule has 0 radical (unpaired) electrons. The highest BCUT2D eigenvalue weighted by atomic mass is 19.4. The zero-order valence-electron chi connectivity index (χ0n) is 20.8. The number of nitrogens with zero attached hydrogens (tertiary/aromatic N) is 1. The third-order valence-corrected chi connectivity index (χ3v) is 6.40. The summed E-state index contributed by atoms with van der Waals surface area (Å²) in [5.41, 5.74) is 2.99. The number of fused-ring (bicyclic) bond motifs is 1. The third kappa shape index (κ3) is 5.80. The number of rotatable bonds is 9. The smallest absolute Gasteiger partial charge is 0.416 e. The van der Waals surface area contributed by atoms with Crippen LogP contribution in [-0.4, -0.2) is 22.8 Å². The molecule has 0 amide bonds. The van der Waals surface area contributed by atoms with Crippen LogP contribution in [0.2, 0.25) is 0 Å². The second-order valence-corrected chi connectivity index (χ2v) is 9.31. The van der Waals surface area contributed by atoms with E-state index < -0.39 is 23.8 Å². The summed E-state index contributed by atoms with van der Waals surface area (Å²) in [5, 5.41) is 13.8. The minimum absolute atomic E-state index is 0.0482. The molecule has 0 spiro atoms. The van der Waals surface area contributed by atoms with E-state index in [0.29, 0.717) is 28.8 Å². The molecule has 0 bridgehead atoms. The lowest BCUT2D eigenvalue weighted by atomic mass is 9.98. The summed E-state index contributed by atoms with van der Waals surface area (Å²) >= 11 is 0. The van der Waals surface area contributed by atoms with Gasteiger partial charge in [-0.2, -0.15) is 13.2 Å². The van der Waals surface area contributed by atoms with Crippen molar-refractivity contribution in [2.75, 3.05) is 7.11 Å². The van der Waals surface area contributed by atoms with Gasteiger partial charge in [0.05, 0.1) is 12.7 Å². The van der Waals surface area contributed by atoms with Gasteiger partial charge in [-0.15, -0.1) is 0 Å². The fourth-order valence-electron chi connectivity index (χ4n) is 4.54. The zero-order chi connectivity index (χ0) is 26.7. The first-order chi connectivity index (χ1) is 17.6. The summed E-state index contributed by atoms with van der Waals surface area (Å²) in [6.07, 6.45) is -2.67. The molecule has 0 aliphatic carbocycles. The fraction of sp³-hybridized carbons (Fsp3) is 0.276. The molecule has 1 atom stereocenters. The molecule has 0 saturated carbocycles. The number of halogens is 3. The Bertz CT molecular complexity index is 1400. The lowest BCUT2D eigenvalue weighted by molar-refractivity contribution is -0.140. The van der Waals surface area contributed by atoms with Crippen LogP contribution in [0.3, 0.4) is 0 Å². The molecule has 0 fully saturated rings. The lowest BCUT2D eigenvalue weighted by Crippen LogP contribution is -2.28. The summed E-state index contributed by atoms with van der Waals surface area (Å²) < 4.78 is 47.1. The van der Waals surface area contributed by atoms with Crippen molar-refractivity contribution in [3.63, 3.8) is 0 Å². The van der Waals surface area contributed by atoms with Gasteiger partial charge in [0.25, 0.3) is 0 Å². The number of ether oxygens (including phenoxy) is 1. The van der Waals surface area contributed by atoms with E-state index >= 15 is 0 Å². The molecule has 194 valence electrons. The molecule has 1 aromatic heterocycles. The largest absolute Gasteiger partial charge is 0.496 e. The van der Waals surface area contributed by atoms with Crippen LogP contribution in [0.1, 0.15) is 53.6 Å². The maximum absolute atomic E-state index is 13.1. The van der Waals surface area contributed by atoms with Gasteiger partial charge in [0.2, 0.25) is 0 Å². The van der Waals surface area contributed by atoms with E-state index in [1.807, 2.05) is 47.0 Å². The Balaban J connectivity index is 1.77. The van der Waals surface area contributed by atoms with Gasteiger partial charge in [0, 0.05) is 35.8 Å². The molecule has 8 heteroatoms. The highest BCUT2D eigenvalue weighted by Crippen LogP contribution is 2.36. The maximum atomic E-state index is 13.1. The summed E-state index contributed by atoms with van der Waals surface area (Å²) in [5.74, 6) is -0.293. The Hall–Kier alpha value is -3.78. The number of aromatic nitrogens is 1. The second kappa shape index (κ2) is 10.7. The van der Waals surface area contributed by atoms with Crippen molar-refractivity contribution in [1.29, 1.82) is 0 Å². The quantitative estimate of drug-likeness (QED) is 0.261. The van der Waals surface area contributed by atoms with Crippen LogP contribution in [0.5, 0.6) is 5.75 Å². The highest BCUT2D eigenvalue weighted by Gasteiger charge is 2.31. The molecule has 0 aliphatic rings. The van der Waals surface area contributed by atoms with Crippen LogP contribution >= 0.6 is 0 Å². The normalized spacial score (nSPS) is 12.7. The van der Waals surface area contributed by atoms with E-state index in [0.717, 1.165) is 28.8 Å². The molecule has 37 heavy (non-hydrogen) atoms. The Morgan fingerprint density at radius 2 is 1.70 bits per heavy atom. The number of carbonyl (C=O) groups is 1. The van der Waals surface area contributed by atoms with Crippen molar-refractivity contribution in [3.05, 3.63) is 101 Å². The van der Waals surface area contributed by atoms with Crippen LogP contribution in [0.15, 0.2) is 72.9 Å². The number of hydrogen-bond donors (Lipinski definition) is 2. The predicted octanol–water partition coefficient (Wildman–Crippen LogP) is 6.76. The molecule has 0 aliphatic heterocycles. The van der Waals surface area contributed by atoms with E-state index in [1.165, 1.54) is 12.1 Å². The first-order valence-electron chi connectivity index (χ1n) is 12.0. The first kappa shape index (κ1) is 26.3. The number of alkyl halides is 3. The van der Waals surface area contributed by atoms with Gasteiger partial charge in [-0.1, -0.05) is 62.4 Å². The number of carboxylic acids is 1. The molecule has 1 unspecified atom stereocenters. The number of aliphatic carboxylic acids is 1. The summed E-state index contributed by atoms with van der Waals surface area (Å²) in [6.45, 7) is 4.60. The number of methoxy groups -OCH3 is 1. The SMILES string of the molecule is COc1cc2c(C(NCc3cccc(C(F)(F)F)c3)C(=O)O)cn(Cc3ccccc3)c2cc1C(C)C. The average molecular weight is 511 g/mol. The second-order valence-electron chi connectivity index (χ2n) is 9.31. The number of nitrogens with one attached hydrogen (secondary N) is 1. The highest BCUT2D eigenvalue weighted by molar-refractivity contribution is 5.91. The number of hydrogen-bond acceptors (Lipinski definition) is 3. The van der Waals surface area contributed by atoms with Gasteiger partial charge < -0.3 is 14.4 Å². The van der Waals surface area contributed by atoms with E-state index in [9.17, 15) is 23.1 Å². The Kier molecular flexibility index (Phi) is 7.59. The summed E-state index contributed by atoms with van der Waals surface area (Å²) in [4.78, 5) is 12.4. The lowest BCUT2D eigenvalue weighted by Gasteiger charge is -2.16. The van der Waals surface area contributed by atoms with Gasteiger partial charge in [0.1, 0.15) is 11.8 Å². The first-order valence-corrected chi connectivity index (χ1v) is 12.0.